The van der Waals surface area contributed by atoms with Gasteiger partial charge in [0.1, 0.15) is 15.8 Å². The van der Waals surface area contributed by atoms with Crippen molar-refractivity contribution < 1.29 is 19.2 Å². The van der Waals surface area contributed by atoms with Crippen LogP contribution in [0.15, 0.2) is 22.7 Å². The zero-order chi connectivity index (χ0) is 16.0. The Morgan fingerprint density at radius 1 is 1.52 bits per heavy atom. The van der Waals surface area contributed by atoms with Crippen LogP contribution in [0.5, 0.6) is 5.75 Å². The first kappa shape index (κ1) is 17.4. The number of benzene rings is 1. The molecule has 0 saturated heterocycles. The highest BCUT2D eigenvalue weighted by Gasteiger charge is 2.32. The van der Waals surface area contributed by atoms with Crippen molar-refractivity contribution in [2.45, 2.75) is 18.9 Å². The number of carbonyl (C=O) groups is 1. The molecular formula is C13H17BrN2O5. The van der Waals surface area contributed by atoms with E-state index in [0.717, 1.165) is 0 Å². The summed E-state index contributed by atoms with van der Waals surface area (Å²) in [5, 5.41) is 13.7. The molecule has 7 nitrogen and oxygen atoms in total. The molecule has 0 aliphatic rings. The number of nitro benzene ring substituents is 1. The number of methoxy groups -OCH3 is 1. The molecule has 0 aromatic heterocycles. The first-order valence-corrected chi connectivity index (χ1v) is 6.98. The molecule has 21 heavy (non-hydrogen) atoms. The van der Waals surface area contributed by atoms with Crippen LogP contribution in [0.4, 0.5) is 5.69 Å². The van der Waals surface area contributed by atoms with Crippen LogP contribution in [0.1, 0.15) is 13.3 Å². The Labute approximate surface area is 130 Å². The van der Waals surface area contributed by atoms with Gasteiger partial charge in [0, 0.05) is 12.5 Å². The highest BCUT2D eigenvalue weighted by atomic mass is 79.9. The maximum atomic E-state index is 11.7. The number of rotatable bonds is 7. The number of nitrogens with one attached hydrogen (secondary N) is 1. The predicted octanol–water partition coefficient (Wildman–Crippen LogP) is 2.28. The topological polar surface area (TPSA) is 90.7 Å². The van der Waals surface area contributed by atoms with Crippen molar-refractivity contribution in [2.75, 3.05) is 20.8 Å². The van der Waals surface area contributed by atoms with E-state index in [4.69, 9.17) is 9.47 Å². The minimum Gasteiger partial charge on any atom is -0.492 e. The molecule has 0 radical (unpaired) electrons. The molecule has 1 unspecified atom stereocenters. The molecule has 0 saturated carbocycles. The van der Waals surface area contributed by atoms with E-state index in [0.29, 0.717) is 12.2 Å². The fourth-order valence-corrected chi connectivity index (χ4v) is 2.19. The molecule has 0 aliphatic carbocycles. The van der Waals surface area contributed by atoms with Crippen LogP contribution in [-0.2, 0) is 9.53 Å². The number of carbonyl (C=O) groups excluding carboxylic acids is 1. The van der Waals surface area contributed by atoms with Gasteiger partial charge in [-0.1, -0.05) is 6.07 Å². The SMILES string of the molecule is CNC(C)(CCOc1cccc([N+](=O)[O-])c1Br)C(=O)OC. The summed E-state index contributed by atoms with van der Waals surface area (Å²) in [6.45, 7) is 1.90. The Hall–Kier alpha value is -1.67. The van der Waals surface area contributed by atoms with Crippen molar-refractivity contribution in [3.8, 4) is 5.75 Å². The molecule has 0 aliphatic heterocycles. The summed E-state index contributed by atoms with van der Waals surface area (Å²) in [5.74, 6) is -0.0424. The van der Waals surface area contributed by atoms with Gasteiger partial charge in [-0.25, -0.2) is 0 Å². The van der Waals surface area contributed by atoms with Gasteiger partial charge in [0.25, 0.3) is 5.69 Å². The van der Waals surface area contributed by atoms with Crippen LogP contribution < -0.4 is 10.1 Å². The van der Waals surface area contributed by atoms with Crippen LogP contribution in [0, 0.1) is 10.1 Å². The molecule has 0 bridgehead atoms. The number of ether oxygens (including phenoxy) is 2. The molecule has 1 N–H and O–H groups in total. The quantitative estimate of drug-likeness (QED) is 0.455. The molecule has 0 amide bonds. The molecule has 8 heteroatoms. The van der Waals surface area contributed by atoms with E-state index in [1.54, 1.807) is 20.0 Å². The molecular weight excluding hydrogens is 344 g/mol. The molecule has 0 fully saturated rings. The monoisotopic (exact) mass is 360 g/mol. The summed E-state index contributed by atoms with van der Waals surface area (Å²) < 4.78 is 10.5. The smallest absolute Gasteiger partial charge is 0.325 e. The Morgan fingerprint density at radius 2 is 2.19 bits per heavy atom. The van der Waals surface area contributed by atoms with E-state index in [9.17, 15) is 14.9 Å². The summed E-state index contributed by atoms with van der Waals surface area (Å²) in [4.78, 5) is 22.0. The lowest BCUT2D eigenvalue weighted by Crippen LogP contribution is -2.49. The lowest BCUT2D eigenvalue weighted by atomic mass is 9.99. The minimum absolute atomic E-state index is 0.0724. The molecule has 1 aromatic rings. The fraction of sp³-hybridized carbons (Fsp3) is 0.462. The van der Waals surface area contributed by atoms with Gasteiger partial charge < -0.3 is 14.8 Å². The van der Waals surface area contributed by atoms with Crippen molar-refractivity contribution in [2.24, 2.45) is 0 Å². The van der Waals surface area contributed by atoms with Gasteiger partial charge in [0.05, 0.1) is 18.6 Å². The van der Waals surface area contributed by atoms with Gasteiger partial charge in [0.2, 0.25) is 0 Å². The van der Waals surface area contributed by atoms with Crippen LogP contribution in [0.3, 0.4) is 0 Å². The highest BCUT2D eigenvalue weighted by Crippen LogP contribution is 2.33. The van der Waals surface area contributed by atoms with E-state index in [1.807, 2.05) is 0 Å². The lowest BCUT2D eigenvalue weighted by Gasteiger charge is -2.25. The normalized spacial score (nSPS) is 13.3. The molecule has 116 valence electrons. The van der Waals surface area contributed by atoms with Crippen molar-refractivity contribution in [3.63, 3.8) is 0 Å². The fourth-order valence-electron chi connectivity index (χ4n) is 1.67. The molecule has 1 atom stereocenters. The number of nitrogens with zero attached hydrogens (tertiary/aromatic N) is 1. The maximum absolute atomic E-state index is 11.7. The highest BCUT2D eigenvalue weighted by molar-refractivity contribution is 9.10. The van der Waals surface area contributed by atoms with Crippen molar-refractivity contribution in [1.29, 1.82) is 0 Å². The number of halogens is 1. The zero-order valence-electron chi connectivity index (χ0n) is 12.0. The van der Waals surface area contributed by atoms with Crippen LogP contribution in [0.2, 0.25) is 0 Å². The van der Waals surface area contributed by atoms with Gasteiger partial charge in [-0.2, -0.15) is 0 Å². The van der Waals surface area contributed by atoms with E-state index >= 15 is 0 Å². The summed E-state index contributed by atoms with van der Waals surface area (Å²) in [7, 11) is 2.97. The van der Waals surface area contributed by atoms with Gasteiger partial charge in [-0.3, -0.25) is 14.9 Å². The maximum Gasteiger partial charge on any atom is 0.325 e. The van der Waals surface area contributed by atoms with Crippen molar-refractivity contribution in [3.05, 3.63) is 32.8 Å². The Morgan fingerprint density at radius 3 is 2.71 bits per heavy atom. The molecule has 1 aromatic carbocycles. The third-order valence-electron chi connectivity index (χ3n) is 3.19. The largest absolute Gasteiger partial charge is 0.492 e. The van der Waals surface area contributed by atoms with Crippen LogP contribution in [-0.4, -0.2) is 37.2 Å². The summed E-state index contributed by atoms with van der Waals surface area (Å²) in [6, 6.07) is 4.53. The molecule has 0 heterocycles. The number of hydrogen-bond donors (Lipinski definition) is 1. The van der Waals surface area contributed by atoms with E-state index in [2.05, 4.69) is 21.2 Å². The number of nitro groups is 1. The van der Waals surface area contributed by atoms with E-state index in [-0.39, 0.29) is 16.8 Å². The van der Waals surface area contributed by atoms with Crippen LogP contribution in [0.25, 0.3) is 0 Å². The van der Waals surface area contributed by atoms with Crippen molar-refractivity contribution in [1.82, 2.24) is 5.32 Å². The van der Waals surface area contributed by atoms with Crippen molar-refractivity contribution >= 4 is 27.6 Å². The Kier molecular flexibility index (Phi) is 6.10. The third kappa shape index (κ3) is 4.15. The standard InChI is InChI=1S/C13H17BrN2O5/c1-13(15-2,12(17)20-3)7-8-21-10-6-4-5-9(11(10)14)16(18)19/h4-6,15H,7-8H2,1-3H3. The Balaban J connectivity index is 2.74. The summed E-state index contributed by atoms with van der Waals surface area (Å²) in [6.07, 6.45) is 0.352. The number of likely N-dealkylation sites (N-methyl/N-ethyl adjacent to an activating group) is 1. The van der Waals surface area contributed by atoms with Gasteiger partial charge in [-0.05, 0) is 36.0 Å². The predicted molar refractivity (Wildman–Crippen MR) is 80.4 cm³/mol. The average molecular weight is 361 g/mol. The summed E-state index contributed by atoms with van der Waals surface area (Å²) in [5.41, 5.74) is -0.945. The minimum atomic E-state index is -0.873. The second-order valence-corrected chi connectivity index (χ2v) is 5.31. The molecule has 1 rings (SSSR count). The van der Waals surface area contributed by atoms with E-state index in [1.165, 1.54) is 19.2 Å². The Bertz CT molecular complexity index is 537. The van der Waals surface area contributed by atoms with Gasteiger partial charge in [0.15, 0.2) is 0 Å². The number of esters is 1. The molecule has 0 spiro atoms. The number of hydrogen-bond acceptors (Lipinski definition) is 6. The van der Waals surface area contributed by atoms with Gasteiger partial charge >= 0.3 is 5.97 Å². The first-order valence-electron chi connectivity index (χ1n) is 6.18. The second kappa shape index (κ2) is 7.37. The van der Waals surface area contributed by atoms with Gasteiger partial charge in [-0.15, -0.1) is 0 Å². The average Bonchev–Trinajstić information content (AvgIpc) is 2.47. The van der Waals surface area contributed by atoms with Crippen LogP contribution >= 0.6 is 15.9 Å². The third-order valence-corrected chi connectivity index (χ3v) is 3.98. The summed E-state index contributed by atoms with van der Waals surface area (Å²) >= 11 is 3.15. The lowest BCUT2D eigenvalue weighted by molar-refractivity contribution is -0.385. The second-order valence-electron chi connectivity index (χ2n) is 4.52. The first-order chi connectivity index (χ1) is 9.85. The van der Waals surface area contributed by atoms with E-state index < -0.39 is 16.4 Å². The zero-order valence-corrected chi connectivity index (χ0v) is 13.6.